The number of hydrogen-bond donors (Lipinski definition) is 0. The lowest BCUT2D eigenvalue weighted by molar-refractivity contribution is 0.355. The van der Waals surface area contributed by atoms with Gasteiger partial charge in [-0.3, -0.25) is 0 Å². The second-order valence-electron chi connectivity index (χ2n) is 3.52. The van der Waals surface area contributed by atoms with Crippen molar-refractivity contribution in [3.05, 3.63) is 30.1 Å². The zero-order valence-corrected chi connectivity index (χ0v) is 11.7. The van der Waals surface area contributed by atoms with E-state index in [2.05, 4.69) is 15.3 Å². The predicted molar refractivity (Wildman–Crippen MR) is 74.3 cm³/mol. The molecule has 0 radical (unpaired) electrons. The van der Waals surface area contributed by atoms with Gasteiger partial charge in [0.1, 0.15) is 6.33 Å². The molecule has 0 spiro atoms. The van der Waals surface area contributed by atoms with Crippen molar-refractivity contribution in [1.82, 2.24) is 14.9 Å². The van der Waals surface area contributed by atoms with E-state index in [9.17, 15) is 0 Å². The first-order valence-electron chi connectivity index (χ1n) is 5.49. The van der Waals surface area contributed by atoms with E-state index in [1.165, 1.54) is 11.8 Å². The Morgan fingerprint density at radius 2 is 2.05 bits per heavy atom. The van der Waals surface area contributed by atoms with Crippen LogP contribution in [-0.2, 0) is 0 Å². The van der Waals surface area contributed by atoms with Crippen molar-refractivity contribution in [3.63, 3.8) is 0 Å². The maximum atomic E-state index is 5.24. The summed E-state index contributed by atoms with van der Waals surface area (Å²) in [5.74, 6) is 1.36. The maximum Gasteiger partial charge on any atom is 0.211 e. The van der Waals surface area contributed by atoms with Crippen molar-refractivity contribution in [2.24, 2.45) is 5.10 Å². The van der Waals surface area contributed by atoms with E-state index < -0.39 is 0 Å². The van der Waals surface area contributed by atoms with Gasteiger partial charge in [-0.15, -0.1) is 10.2 Å². The largest absolute Gasteiger partial charge is 0.493 e. The van der Waals surface area contributed by atoms with Crippen LogP contribution >= 0.6 is 11.8 Å². The van der Waals surface area contributed by atoms with Crippen LogP contribution < -0.4 is 9.47 Å². The summed E-state index contributed by atoms with van der Waals surface area (Å²) in [5, 5.41) is 12.7. The molecule has 0 aliphatic carbocycles. The van der Waals surface area contributed by atoms with Crippen molar-refractivity contribution >= 4 is 18.0 Å². The van der Waals surface area contributed by atoms with Crippen molar-refractivity contribution in [2.75, 3.05) is 20.5 Å². The molecule has 7 heteroatoms. The van der Waals surface area contributed by atoms with Gasteiger partial charge in [0.05, 0.1) is 20.4 Å². The van der Waals surface area contributed by atoms with Gasteiger partial charge >= 0.3 is 0 Å². The second-order valence-corrected chi connectivity index (χ2v) is 4.29. The minimum atomic E-state index is 0.667. The van der Waals surface area contributed by atoms with Gasteiger partial charge in [0.25, 0.3) is 0 Å². The van der Waals surface area contributed by atoms with E-state index >= 15 is 0 Å². The second kappa shape index (κ2) is 6.24. The Morgan fingerprint density at radius 1 is 1.26 bits per heavy atom. The highest BCUT2D eigenvalue weighted by atomic mass is 32.2. The van der Waals surface area contributed by atoms with E-state index in [1.54, 1.807) is 31.4 Å². The van der Waals surface area contributed by atoms with E-state index in [-0.39, 0.29) is 0 Å². The Labute approximate surface area is 115 Å². The van der Waals surface area contributed by atoms with Gasteiger partial charge in [-0.05, 0) is 30.0 Å². The fraction of sp³-hybridized carbons (Fsp3) is 0.250. The molecule has 0 bridgehead atoms. The quantitative estimate of drug-likeness (QED) is 0.617. The van der Waals surface area contributed by atoms with Gasteiger partial charge < -0.3 is 9.47 Å². The Morgan fingerprint density at radius 3 is 2.74 bits per heavy atom. The van der Waals surface area contributed by atoms with Crippen molar-refractivity contribution in [1.29, 1.82) is 0 Å². The minimum absolute atomic E-state index is 0.667. The first kappa shape index (κ1) is 13.4. The van der Waals surface area contributed by atoms with Crippen LogP contribution in [0.4, 0.5) is 0 Å². The standard InChI is InChI=1S/C12H14N4O2S/c1-17-10-5-4-9(6-11(10)18-2)7-14-16-8-13-15-12(16)19-3/h4-8H,1-3H3. The van der Waals surface area contributed by atoms with Gasteiger partial charge in [-0.1, -0.05) is 11.8 Å². The Kier molecular flexibility index (Phi) is 4.40. The molecule has 0 saturated heterocycles. The summed E-state index contributed by atoms with van der Waals surface area (Å²) >= 11 is 1.48. The molecule has 0 N–H and O–H groups in total. The minimum Gasteiger partial charge on any atom is -0.493 e. The smallest absolute Gasteiger partial charge is 0.211 e. The monoisotopic (exact) mass is 278 g/mol. The average Bonchev–Trinajstić information content (AvgIpc) is 2.92. The lowest BCUT2D eigenvalue weighted by atomic mass is 10.2. The van der Waals surface area contributed by atoms with Crippen molar-refractivity contribution in [3.8, 4) is 11.5 Å². The predicted octanol–water partition coefficient (Wildman–Crippen LogP) is 1.90. The summed E-state index contributed by atoms with van der Waals surface area (Å²) < 4.78 is 12.0. The van der Waals surface area contributed by atoms with Crippen LogP contribution in [-0.4, -0.2) is 41.6 Å². The van der Waals surface area contributed by atoms with Crippen LogP contribution in [0.5, 0.6) is 11.5 Å². The molecule has 0 amide bonds. The first-order valence-corrected chi connectivity index (χ1v) is 6.71. The summed E-state index contributed by atoms with van der Waals surface area (Å²) in [7, 11) is 3.21. The topological polar surface area (TPSA) is 61.5 Å². The number of hydrogen-bond acceptors (Lipinski definition) is 6. The van der Waals surface area contributed by atoms with Gasteiger partial charge in [-0.25, -0.2) is 0 Å². The number of rotatable bonds is 5. The molecule has 2 rings (SSSR count). The van der Waals surface area contributed by atoms with Crippen LogP contribution in [0.3, 0.4) is 0 Å². The third-order valence-corrected chi connectivity index (χ3v) is 3.06. The lowest BCUT2D eigenvalue weighted by Crippen LogP contribution is -1.94. The van der Waals surface area contributed by atoms with Crippen molar-refractivity contribution < 1.29 is 9.47 Å². The third kappa shape index (κ3) is 3.05. The number of ether oxygens (including phenoxy) is 2. The Bertz CT molecular complexity index is 583. The number of benzene rings is 1. The molecule has 2 aromatic rings. The summed E-state index contributed by atoms with van der Waals surface area (Å²) in [5.41, 5.74) is 0.901. The summed E-state index contributed by atoms with van der Waals surface area (Å²) in [6.45, 7) is 0. The fourth-order valence-corrected chi connectivity index (χ4v) is 1.91. The SMILES string of the molecule is COc1ccc(C=Nn2cnnc2SC)cc1OC. The highest BCUT2D eigenvalue weighted by Gasteiger charge is 2.03. The molecule has 1 aromatic carbocycles. The molecule has 0 unspecified atom stereocenters. The highest BCUT2D eigenvalue weighted by Crippen LogP contribution is 2.26. The number of aromatic nitrogens is 3. The zero-order valence-electron chi connectivity index (χ0n) is 10.9. The Balaban J connectivity index is 2.24. The van der Waals surface area contributed by atoms with E-state index in [1.807, 2.05) is 24.5 Å². The van der Waals surface area contributed by atoms with Gasteiger partial charge in [-0.2, -0.15) is 9.78 Å². The normalized spacial score (nSPS) is 10.9. The number of nitrogens with zero attached hydrogens (tertiary/aromatic N) is 4. The number of methoxy groups -OCH3 is 2. The molecule has 0 aliphatic heterocycles. The van der Waals surface area contributed by atoms with E-state index in [0.29, 0.717) is 11.5 Å². The van der Waals surface area contributed by atoms with Crippen LogP contribution in [0.2, 0.25) is 0 Å². The van der Waals surface area contributed by atoms with Crippen molar-refractivity contribution in [2.45, 2.75) is 5.16 Å². The molecule has 100 valence electrons. The molecular weight excluding hydrogens is 264 g/mol. The summed E-state index contributed by atoms with van der Waals surface area (Å²) in [4.78, 5) is 0. The van der Waals surface area contributed by atoms with E-state index in [0.717, 1.165) is 10.7 Å². The molecular formula is C12H14N4O2S. The lowest BCUT2D eigenvalue weighted by Gasteiger charge is -2.07. The molecule has 6 nitrogen and oxygen atoms in total. The zero-order chi connectivity index (χ0) is 13.7. The first-order chi connectivity index (χ1) is 9.28. The van der Waals surface area contributed by atoms with Crippen LogP contribution in [0, 0.1) is 0 Å². The molecule has 0 aliphatic rings. The van der Waals surface area contributed by atoms with Crippen LogP contribution in [0.25, 0.3) is 0 Å². The molecule has 1 aromatic heterocycles. The third-order valence-electron chi connectivity index (χ3n) is 2.42. The molecule has 0 saturated carbocycles. The Hall–Kier alpha value is -2.02. The fourth-order valence-electron chi connectivity index (χ4n) is 1.49. The average molecular weight is 278 g/mol. The van der Waals surface area contributed by atoms with Crippen LogP contribution in [0.1, 0.15) is 5.56 Å². The van der Waals surface area contributed by atoms with E-state index in [4.69, 9.17) is 9.47 Å². The van der Waals surface area contributed by atoms with Crippen LogP contribution in [0.15, 0.2) is 34.8 Å². The highest BCUT2D eigenvalue weighted by molar-refractivity contribution is 7.98. The van der Waals surface area contributed by atoms with Gasteiger partial charge in [0.15, 0.2) is 11.5 Å². The molecule has 0 atom stereocenters. The maximum absolute atomic E-state index is 5.24. The molecule has 1 heterocycles. The molecule has 0 fully saturated rings. The number of thioether (sulfide) groups is 1. The summed E-state index contributed by atoms with van der Waals surface area (Å²) in [6, 6.07) is 5.58. The van der Waals surface area contributed by atoms with Gasteiger partial charge in [0.2, 0.25) is 5.16 Å². The van der Waals surface area contributed by atoms with Gasteiger partial charge in [0, 0.05) is 0 Å². The summed E-state index contributed by atoms with van der Waals surface area (Å²) in [6.07, 6.45) is 5.20. The molecule has 19 heavy (non-hydrogen) atoms.